The molecule has 0 rings (SSSR count). The van der Waals surface area contributed by atoms with Gasteiger partial charge in [0.25, 0.3) is 0 Å². The molecule has 0 spiro atoms. The van der Waals surface area contributed by atoms with Crippen LogP contribution in [0.3, 0.4) is 0 Å². The summed E-state index contributed by atoms with van der Waals surface area (Å²) in [6.07, 6.45) is 3.77. The Morgan fingerprint density at radius 3 is 2.18 bits per heavy atom. The fourth-order valence-corrected chi connectivity index (χ4v) is 1.11. The average molecular weight is 155 g/mol. The summed E-state index contributed by atoms with van der Waals surface area (Å²) in [6.45, 7) is 12.8. The lowest BCUT2D eigenvalue weighted by molar-refractivity contribution is 0.340. The molecular formula is C10H21N. The minimum absolute atomic E-state index is 1.16. The van der Waals surface area contributed by atoms with E-state index < -0.39 is 0 Å². The van der Waals surface area contributed by atoms with Gasteiger partial charge in [-0.15, -0.1) is 0 Å². The molecule has 0 atom stereocenters. The molecule has 0 bridgehead atoms. The number of rotatable bonds is 6. The molecule has 11 heavy (non-hydrogen) atoms. The van der Waals surface area contributed by atoms with Crippen LogP contribution in [-0.2, 0) is 0 Å². The molecule has 0 aromatic heterocycles. The first-order chi connectivity index (χ1) is 5.22. The molecule has 0 amide bonds. The Morgan fingerprint density at radius 2 is 1.82 bits per heavy atom. The van der Waals surface area contributed by atoms with E-state index in [9.17, 15) is 0 Å². The van der Waals surface area contributed by atoms with Crippen LogP contribution in [0.25, 0.3) is 0 Å². The van der Waals surface area contributed by atoms with E-state index in [0.717, 1.165) is 6.54 Å². The summed E-state index contributed by atoms with van der Waals surface area (Å²) in [5.41, 5.74) is 1.21. The van der Waals surface area contributed by atoms with Crippen LogP contribution in [-0.4, -0.2) is 18.0 Å². The predicted octanol–water partition coefficient (Wildman–Crippen LogP) is 3.03. The lowest BCUT2D eigenvalue weighted by Crippen LogP contribution is -2.23. The highest BCUT2D eigenvalue weighted by atomic mass is 15.1. The van der Waals surface area contributed by atoms with Gasteiger partial charge in [0.15, 0.2) is 0 Å². The van der Waals surface area contributed by atoms with Gasteiger partial charge in [-0.05, 0) is 19.8 Å². The molecular weight excluding hydrogens is 134 g/mol. The minimum Gasteiger partial charge on any atom is -0.376 e. The summed E-state index contributed by atoms with van der Waals surface area (Å²) in [5.74, 6) is 0. The zero-order valence-electron chi connectivity index (χ0n) is 8.19. The van der Waals surface area contributed by atoms with Gasteiger partial charge in [-0.25, -0.2) is 0 Å². The molecule has 0 N–H and O–H groups in total. The lowest BCUT2D eigenvalue weighted by atomic mass is 10.3. The van der Waals surface area contributed by atoms with Crippen molar-refractivity contribution in [1.82, 2.24) is 4.90 Å². The van der Waals surface area contributed by atoms with E-state index in [2.05, 4.69) is 32.3 Å². The number of hydrogen-bond acceptors (Lipinski definition) is 1. The van der Waals surface area contributed by atoms with Gasteiger partial charge in [0, 0.05) is 18.8 Å². The number of allylic oxidation sites excluding steroid dienone is 1. The van der Waals surface area contributed by atoms with Crippen LogP contribution >= 0.6 is 0 Å². The predicted molar refractivity (Wildman–Crippen MR) is 51.6 cm³/mol. The molecule has 0 radical (unpaired) electrons. The van der Waals surface area contributed by atoms with Crippen molar-refractivity contribution >= 4 is 0 Å². The topological polar surface area (TPSA) is 3.24 Å². The van der Waals surface area contributed by atoms with Gasteiger partial charge in [-0.1, -0.05) is 26.8 Å². The molecule has 0 aromatic rings. The molecule has 0 saturated heterocycles. The second-order valence-electron chi connectivity index (χ2n) is 3.08. The van der Waals surface area contributed by atoms with Crippen LogP contribution in [0.15, 0.2) is 12.3 Å². The smallest absolute Gasteiger partial charge is 0.0174 e. The third kappa shape index (κ3) is 4.88. The minimum atomic E-state index is 1.16. The van der Waals surface area contributed by atoms with Crippen LogP contribution in [0.5, 0.6) is 0 Å². The summed E-state index contributed by atoms with van der Waals surface area (Å²) in [6, 6.07) is 0. The van der Waals surface area contributed by atoms with Crippen LogP contribution in [0.4, 0.5) is 0 Å². The monoisotopic (exact) mass is 155 g/mol. The SMILES string of the molecule is C=C(C)N(CCC)CCCC. The van der Waals surface area contributed by atoms with E-state index in [1.165, 1.54) is 31.5 Å². The normalized spacial score (nSPS) is 9.73. The van der Waals surface area contributed by atoms with Crippen molar-refractivity contribution in [2.45, 2.75) is 40.0 Å². The van der Waals surface area contributed by atoms with E-state index >= 15 is 0 Å². The largest absolute Gasteiger partial charge is 0.376 e. The Hall–Kier alpha value is -0.460. The molecule has 0 fully saturated rings. The van der Waals surface area contributed by atoms with Crippen molar-refractivity contribution in [1.29, 1.82) is 0 Å². The van der Waals surface area contributed by atoms with Crippen LogP contribution < -0.4 is 0 Å². The van der Waals surface area contributed by atoms with Gasteiger partial charge in [0.2, 0.25) is 0 Å². The maximum absolute atomic E-state index is 3.95. The van der Waals surface area contributed by atoms with Crippen LogP contribution in [0, 0.1) is 0 Å². The van der Waals surface area contributed by atoms with Gasteiger partial charge in [0.05, 0.1) is 0 Å². The van der Waals surface area contributed by atoms with Crippen molar-refractivity contribution < 1.29 is 0 Å². The van der Waals surface area contributed by atoms with Crippen molar-refractivity contribution in [3.63, 3.8) is 0 Å². The highest BCUT2D eigenvalue weighted by molar-refractivity contribution is 4.87. The second kappa shape index (κ2) is 6.26. The number of nitrogens with zero attached hydrogens (tertiary/aromatic N) is 1. The summed E-state index contributed by atoms with van der Waals surface area (Å²) >= 11 is 0. The first-order valence-electron chi connectivity index (χ1n) is 4.62. The Kier molecular flexibility index (Phi) is 6.00. The fourth-order valence-electron chi connectivity index (χ4n) is 1.11. The molecule has 0 unspecified atom stereocenters. The molecule has 0 aromatic carbocycles. The van der Waals surface area contributed by atoms with Gasteiger partial charge < -0.3 is 4.90 Å². The summed E-state index contributed by atoms with van der Waals surface area (Å²) < 4.78 is 0. The highest BCUT2D eigenvalue weighted by Gasteiger charge is 1.99. The van der Waals surface area contributed by atoms with Crippen LogP contribution in [0.1, 0.15) is 40.0 Å². The van der Waals surface area contributed by atoms with E-state index in [-0.39, 0.29) is 0 Å². The summed E-state index contributed by atoms with van der Waals surface area (Å²) in [5, 5.41) is 0. The molecule has 0 aliphatic carbocycles. The second-order valence-corrected chi connectivity index (χ2v) is 3.08. The molecule has 0 aliphatic heterocycles. The number of hydrogen-bond donors (Lipinski definition) is 0. The van der Waals surface area contributed by atoms with Crippen molar-refractivity contribution in [2.75, 3.05) is 13.1 Å². The fraction of sp³-hybridized carbons (Fsp3) is 0.800. The quantitative estimate of drug-likeness (QED) is 0.570. The van der Waals surface area contributed by atoms with E-state index in [4.69, 9.17) is 0 Å². The van der Waals surface area contributed by atoms with E-state index in [1.54, 1.807) is 0 Å². The maximum atomic E-state index is 3.95. The summed E-state index contributed by atoms with van der Waals surface area (Å²) in [7, 11) is 0. The Balaban J connectivity index is 3.60. The zero-order valence-corrected chi connectivity index (χ0v) is 8.19. The Bertz CT molecular complexity index is 107. The zero-order chi connectivity index (χ0) is 8.69. The molecule has 1 nitrogen and oxygen atoms in total. The van der Waals surface area contributed by atoms with Gasteiger partial charge in [0.1, 0.15) is 0 Å². The van der Waals surface area contributed by atoms with E-state index in [0.29, 0.717) is 0 Å². The van der Waals surface area contributed by atoms with Gasteiger partial charge in [-0.2, -0.15) is 0 Å². The van der Waals surface area contributed by atoms with Crippen molar-refractivity contribution in [3.05, 3.63) is 12.3 Å². The number of unbranched alkanes of at least 4 members (excludes halogenated alkanes) is 1. The molecule has 0 saturated carbocycles. The van der Waals surface area contributed by atoms with Crippen molar-refractivity contribution in [2.24, 2.45) is 0 Å². The van der Waals surface area contributed by atoms with Crippen LogP contribution in [0.2, 0.25) is 0 Å². The van der Waals surface area contributed by atoms with Gasteiger partial charge in [-0.3, -0.25) is 0 Å². The van der Waals surface area contributed by atoms with E-state index in [1.807, 2.05) is 0 Å². The molecule has 0 heterocycles. The molecule has 1 heteroatoms. The first-order valence-corrected chi connectivity index (χ1v) is 4.62. The van der Waals surface area contributed by atoms with Gasteiger partial charge >= 0.3 is 0 Å². The maximum Gasteiger partial charge on any atom is 0.0174 e. The average Bonchev–Trinajstić information content (AvgIpc) is 1.97. The van der Waals surface area contributed by atoms with Crippen molar-refractivity contribution in [3.8, 4) is 0 Å². The third-order valence-electron chi connectivity index (χ3n) is 1.81. The molecule has 0 aliphatic rings. The molecule has 66 valence electrons. The highest BCUT2D eigenvalue weighted by Crippen LogP contribution is 2.03. The Labute approximate surface area is 71.1 Å². The summed E-state index contributed by atoms with van der Waals surface area (Å²) in [4.78, 5) is 2.36. The third-order valence-corrected chi connectivity index (χ3v) is 1.81. The Morgan fingerprint density at radius 1 is 1.18 bits per heavy atom. The lowest BCUT2D eigenvalue weighted by Gasteiger charge is -2.23. The first kappa shape index (κ1) is 10.5. The standard InChI is InChI=1S/C10H21N/c1-5-7-9-11(8-6-2)10(3)4/h3,5-9H2,1-2,4H3.